The van der Waals surface area contributed by atoms with Crippen LogP contribution >= 0.6 is 11.3 Å². The fourth-order valence-electron chi connectivity index (χ4n) is 4.86. The number of ether oxygens (including phenoxy) is 2. The lowest BCUT2D eigenvalue weighted by atomic mass is 10.1. The van der Waals surface area contributed by atoms with Crippen molar-refractivity contribution in [3.05, 3.63) is 63.3 Å². The molecule has 5 rings (SSSR count). The number of benzene rings is 1. The van der Waals surface area contributed by atoms with E-state index in [4.69, 9.17) is 14.0 Å². The molecular formula is C28H36FN5O3S. The van der Waals surface area contributed by atoms with Crippen molar-refractivity contribution in [3.63, 3.8) is 0 Å². The highest BCUT2D eigenvalue weighted by Gasteiger charge is 2.24. The Morgan fingerprint density at radius 2 is 2.03 bits per heavy atom. The third-order valence-electron chi connectivity index (χ3n) is 7.07. The van der Waals surface area contributed by atoms with Crippen molar-refractivity contribution in [1.82, 2.24) is 20.0 Å². The predicted octanol–water partition coefficient (Wildman–Crippen LogP) is 5.28. The molecule has 0 aliphatic carbocycles. The zero-order chi connectivity index (χ0) is 26.6. The van der Waals surface area contributed by atoms with Gasteiger partial charge in [0.1, 0.15) is 18.2 Å². The monoisotopic (exact) mass is 541 g/mol. The maximum atomic E-state index is 14.8. The normalized spacial score (nSPS) is 16.2. The molecule has 8 nitrogen and oxygen atoms in total. The smallest absolute Gasteiger partial charge is 0.324 e. The van der Waals surface area contributed by atoms with Gasteiger partial charge in [0.25, 0.3) is 0 Å². The number of hydrogen-bond acceptors (Lipinski definition) is 9. The first-order chi connectivity index (χ1) is 18.4. The lowest BCUT2D eigenvalue weighted by Gasteiger charge is -2.30. The van der Waals surface area contributed by atoms with E-state index in [2.05, 4.69) is 31.5 Å². The molecule has 1 saturated heterocycles. The highest BCUT2D eigenvalue weighted by Crippen LogP contribution is 2.28. The van der Waals surface area contributed by atoms with Crippen molar-refractivity contribution >= 4 is 17.4 Å². The molecule has 38 heavy (non-hydrogen) atoms. The molecular weight excluding hydrogens is 505 g/mol. The quantitative estimate of drug-likeness (QED) is 0.321. The molecule has 0 radical (unpaired) electrons. The van der Waals surface area contributed by atoms with Crippen molar-refractivity contribution in [1.29, 1.82) is 0 Å². The summed E-state index contributed by atoms with van der Waals surface area (Å²) >= 11 is 1.74. The molecule has 1 fully saturated rings. The summed E-state index contributed by atoms with van der Waals surface area (Å²) in [6, 6.07) is 5.66. The number of thiazole rings is 1. The van der Waals surface area contributed by atoms with Crippen LogP contribution in [0.3, 0.4) is 0 Å². The van der Waals surface area contributed by atoms with Crippen LogP contribution in [-0.2, 0) is 24.1 Å². The van der Waals surface area contributed by atoms with Crippen molar-refractivity contribution in [2.75, 3.05) is 37.7 Å². The van der Waals surface area contributed by atoms with Crippen LogP contribution in [0, 0.1) is 12.7 Å². The maximum absolute atomic E-state index is 14.8. The Bertz CT molecular complexity index is 1250. The third kappa shape index (κ3) is 6.35. The third-order valence-corrected chi connectivity index (χ3v) is 8.07. The Morgan fingerprint density at radius 3 is 2.76 bits per heavy atom. The molecule has 3 aromatic rings. The number of anilines is 1. The average molecular weight is 542 g/mol. The van der Waals surface area contributed by atoms with E-state index >= 15 is 0 Å². The van der Waals surface area contributed by atoms with E-state index in [0.29, 0.717) is 37.0 Å². The summed E-state index contributed by atoms with van der Waals surface area (Å²) in [5.41, 5.74) is 2.74. The molecule has 2 aliphatic rings. The van der Waals surface area contributed by atoms with E-state index in [1.807, 2.05) is 26.8 Å². The number of allylic oxidation sites excluding steroid dienone is 1. The van der Waals surface area contributed by atoms with Gasteiger partial charge in [-0.15, -0.1) is 11.3 Å². The van der Waals surface area contributed by atoms with Gasteiger partial charge in [-0.25, -0.2) is 9.37 Å². The van der Waals surface area contributed by atoms with Crippen molar-refractivity contribution < 1.29 is 18.4 Å². The van der Waals surface area contributed by atoms with Crippen LogP contribution in [0.1, 0.15) is 59.6 Å². The van der Waals surface area contributed by atoms with Crippen LogP contribution in [0.4, 0.5) is 10.4 Å². The zero-order valence-corrected chi connectivity index (χ0v) is 23.2. The molecule has 10 heteroatoms. The molecule has 2 aliphatic heterocycles. The second-order valence-electron chi connectivity index (χ2n) is 10.3. The molecule has 0 spiro atoms. The first-order valence-electron chi connectivity index (χ1n) is 13.3. The van der Waals surface area contributed by atoms with Crippen LogP contribution in [0.25, 0.3) is 0 Å². The van der Waals surface area contributed by atoms with Gasteiger partial charge >= 0.3 is 6.01 Å². The second kappa shape index (κ2) is 11.8. The number of nitrogens with zero attached hydrogens (tertiary/aromatic N) is 5. The number of aryl methyl sites for hydroxylation is 1. The number of aromatic nitrogens is 3. The molecule has 204 valence electrons. The number of rotatable bonds is 10. The summed E-state index contributed by atoms with van der Waals surface area (Å²) in [5, 5.41) is 5.14. The Hall–Kier alpha value is -2.98. The van der Waals surface area contributed by atoms with Gasteiger partial charge in [-0.2, -0.15) is 4.98 Å². The highest BCUT2D eigenvalue weighted by atomic mass is 32.1. The minimum atomic E-state index is -0.273. The lowest BCUT2D eigenvalue weighted by molar-refractivity contribution is 0.0197. The van der Waals surface area contributed by atoms with Crippen molar-refractivity contribution in [2.24, 2.45) is 0 Å². The first-order valence-corrected chi connectivity index (χ1v) is 14.2. The van der Waals surface area contributed by atoms with Gasteiger partial charge in [0.05, 0.1) is 30.0 Å². The topological polar surface area (TPSA) is 76.8 Å². The van der Waals surface area contributed by atoms with E-state index in [9.17, 15) is 4.39 Å². The lowest BCUT2D eigenvalue weighted by Crippen LogP contribution is -2.37. The van der Waals surface area contributed by atoms with Gasteiger partial charge in [-0.1, -0.05) is 31.6 Å². The summed E-state index contributed by atoms with van der Waals surface area (Å²) in [6.07, 6.45) is 3.31. The molecule has 2 aromatic heterocycles. The van der Waals surface area contributed by atoms with Crippen LogP contribution in [0.2, 0.25) is 0 Å². The predicted molar refractivity (Wildman–Crippen MR) is 145 cm³/mol. The number of hydrogen-bond donors (Lipinski definition) is 0. The molecule has 0 amide bonds. The van der Waals surface area contributed by atoms with Crippen LogP contribution < -0.4 is 9.64 Å². The summed E-state index contributed by atoms with van der Waals surface area (Å²) in [7, 11) is 0. The highest BCUT2D eigenvalue weighted by molar-refractivity contribution is 7.11. The number of halogens is 1. The van der Waals surface area contributed by atoms with Gasteiger partial charge in [0.15, 0.2) is 5.82 Å². The van der Waals surface area contributed by atoms with Gasteiger partial charge in [-0.3, -0.25) is 0 Å². The first kappa shape index (κ1) is 26.6. The minimum Gasteiger partial charge on any atom is -0.491 e. The van der Waals surface area contributed by atoms with E-state index in [1.54, 1.807) is 17.4 Å². The Labute approximate surface area is 227 Å². The fourth-order valence-corrected chi connectivity index (χ4v) is 5.86. The van der Waals surface area contributed by atoms with Crippen molar-refractivity contribution in [2.45, 2.75) is 65.0 Å². The standard InChI is InChI=1S/C28H36FN5O3S/c1-18(2)27-31-28(37-32-27)33-10-7-22(8-11-33)35-13-14-36-23-6-5-21(24(29)16-23)15-19(3)34-12-9-25-26(17-34)38-20(4)30-25/h5-6,16,18,22H,3,7-15,17H2,1-2,4H3. The summed E-state index contributed by atoms with van der Waals surface area (Å²) in [6.45, 7) is 14.5. The molecule has 0 unspecified atom stereocenters. The minimum absolute atomic E-state index is 0.159. The Balaban J connectivity index is 1.02. The number of piperidine rings is 1. The van der Waals surface area contributed by atoms with Crippen LogP contribution in [0.15, 0.2) is 35.0 Å². The molecule has 1 aromatic carbocycles. The molecule has 0 saturated carbocycles. The SMILES string of the molecule is C=C(Cc1ccc(OCCOC2CCN(c3nc(C(C)C)no3)CC2)cc1F)N1CCc2nc(C)sc2C1. The molecule has 0 bridgehead atoms. The molecule has 0 N–H and O–H groups in total. The zero-order valence-electron chi connectivity index (χ0n) is 22.4. The molecule has 4 heterocycles. The largest absolute Gasteiger partial charge is 0.491 e. The van der Waals surface area contributed by atoms with E-state index in [0.717, 1.165) is 62.0 Å². The van der Waals surface area contributed by atoms with Gasteiger partial charge in [0.2, 0.25) is 0 Å². The van der Waals surface area contributed by atoms with E-state index in [-0.39, 0.29) is 17.8 Å². The average Bonchev–Trinajstić information content (AvgIpc) is 3.54. The molecule has 0 atom stereocenters. The Morgan fingerprint density at radius 1 is 1.21 bits per heavy atom. The summed E-state index contributed by atoms with van der Waals surface area (Å²) < 4.78 is 32.0. The maximum Gasteiger partial charge on any atom is 0.324 e. The fraction of sp³-hybridized carbons (Fsp3) is 0.536. The summed E-state index contributed by atoms with van der Waals surface area (Å²) in [5.74, 6) is 1.21. The van der Waals surface area contributed by atoms with Gasteiger partial charge in [-0.05, 0) is 31.4 Å². The summed E-state index contributed by atoms with van der Waals surface area (Å²) in [4.78, 5) is 14.7. The second-order valence-corrected chi connectivity index (χ2v) is 11.6. The van der Waals surface area contributed by atoms with E-state index in [1.165, 1.54) is 16.6 Å². The van der Waals surface area contributed by atoms with Crippen LogP contribution in [-0.4, -0.2) is 59.0 Å². The van der Waals surface area contributed by atoms with Crippen LogP contribution in [0.5, 0.6) is 5.75 Å². The Kier molecular flexibility index (Phi) is 8.28. The van der Waals surface area contributed by atoms with Gasteiger partial charge < -0.3 is 23.8 Å². The van der Waals surface area contributed by atoms with Crippen molar-refractivity contribution in [3.8, 4) is 5.75 Å². The van der Waals surface area contributed by atoms with E-state index < -0.39 is 0 Å². The number of fused-ring (bicyclic) bond motifs is 1. The van der Waals surface area contributed by atoms with Gasteiger partial charge in [0, 0.05) is 55.0 Å².